The van der Waals surface area contributed by atoms with Crippen molar-refractivity contribution in [2.45, 2.75) is 19.4 Å². The van der Waals surface area contributed by atoms with Crippen LogP contribution >= 0.6 is 0 Å². The molecular formula is C9H16N4O4S. The summed E-state index contributed by atoms with van der Waals surface area (Å²) >= 11 is 0. The number of aromatic nitrogens is 2. The maximum Gasteiger partial charge on any atom is 0.255 e. The monoisotopic (exact) mass is 276 g/mol. The van der Waals surface area contributed by atoms with Crippen LogP contribution in [0.3, 0.4) is 0 Å². The first kappa shape index (κ1) is 13.1. The normalized spacial score (nSPS) is 21.2. The average Bonchev–Trinajstić information content (AvgIpc) is 2.61. The highest BCUT2D eigenvalue weighted by atomic mass is 32.2. The molecule has 0 spiro atoms. The summed E-state index contributed by atoms with van der Waals surface area (Å²) in [7, 11) is -3.21. The molecular weight excluding hydrogens is 260 g/mol. The van der Waals surface area contributed by atoms with Gasteiger partial charge in [-0.15, -0.1) is 5.01 Å². The quantitative estimate of drug-likeness (QED) is 0.582. The Labute approximate surface area is 105 Å². The van der Waals surface area contributed by atoms with Crippen molar-refractivity contribution in [3.05, 3.63) is 6.20 Å². The minimum atomic E-state index is -3.21. The van der Waals surface area contributed by atoms with Crippen LogP contribution in [0.25, 0.3) is 0 Å². The van der Waals surface area contributed by atoms with Crippen molar-refractivity contribution >= 4 is 10.0 Å². The second-order valence-electron chi connectivity index (χ2n) is 4.97. The molecule has 0 saturated carbocycles. The molecule has 2 rings (SSSR count). The van der Waals surface area contributed by atoms with Gasteiger partial charge >= 0.3 is 0 Å². The smallest absolute Gasteiger partial charge is 0.255 e. The van der Waals surface area contributed by atoms with E-state index in [-0.39, 0.29) is 0 Å². The molecule has 0 unspecified atom stereocenters. The molecule has 0 radical (unpaired) electrons. The number of piperazine rings is 1. The second-order valence-corrected chi connectivity index (χ2v) is 6.96. The molecule has 8 nitrogen and oxygen atoms in total. The molecule has 1 aliphatic rings. The topological polar surface area (TPSA) is 93.6 Å². The van der Waals surface area contributed by atoms with Crippen LogP contribution in [-0.2, 0) is 10.0 Å². The van der Waals surface area contributed by atoms with Crippen LogP contribution in [0.15, 0.2) is 10.7 Å². The van der Waals surface area contributed by atoms with Gasteiger partial charge in [0.25, 0.3) is 6.20 Å². The van der Waals surface area contributed by atoms with Crippen LogP contribution in [0.5, 0.6) is 5.95 Å². The first-order valence-electron chi connectivity index (χ1n) is 5.49. The lowest BCUT2D eigenvalue weighted by atomic mass is 10.0. The lowest BCUT2D eigenvalue weighted by Crippen LogP contribution is -2.74. The van der Waals surface area contributed by atoms with Gasteiger partial charge in [-0.3, -0.25) is 0 Å². The summed E-state index contributed by atoms with van der Waals surface area (Å²) < 4.78 is 29.0. The third-order valence-electron chi connectivity index (χ3n) is 2.97. The van der Waals surface area contributed by atoms with Crippen LogP contribution in [-0.4, -0.2) is 49.4 Å². The van der Waals surface area contributed by atoms with Crippen LogP contribution < -0.4 is 14.9 Å². The van der Waals surface area contributed by atoms with Crippen LogP contribution in [0.1, 0.15) is 13.8 Å². The van der Waals surface area contributed by atoms with Gasteiger partial charge in [-0.25, -0.2) is 8.42 Å². The molecule has 2 heterocycles. The van der Waals surface area contributed by atoms with Gasteiger partial charge in [0, 0.05) is 17.9 Å². The number of hydrogen-bond donors (Lipinski definition) is 0. The Balaban J connectivity index is 2.23. The largest absolute Gasteiger partial charge is 0.539 e. The zero-order valence-corrected chi connectivity index (χ0v) is 11.3. The molecule has 0 atom stereocenters. The van der Waals surface area contributed by atoms with E-state index in [0.29, 0.717) is 19.6 Å². The molecule has 0 amide bonds. The lowest BCUT2D eigenvalue weighted by molar-refractivity contribution is -0.766. The summed E-state index contributed by atoms with van der Waals surface area (Å²) in [4.78, 5) is 1.34. The van der Waals surface area contributed by atoms with Crippen molar-refractivity contribution in [3.8, 4) is 5.95 Å². The molecule has 0 N–H and O–H groups in total. The van der Waals surface area contributed by atoms with E-state index in [1.807, 2.05) is 13.8 Å². The van der Waals surface area contributed by atoms with Crippen molar-refractivity contribution in [2.75, 3.05) is 30.9 Å². The number of hydrogen-bond acceptors (Lipinski definition) is 6. The van der Waals surface area contributed by atoms with Crippen molar-refractivity contribution in [3.63, 3.8) is 0 Å². The first-order chi connectivity index (χ1) is 8.20. The summed E-state index contributed by atoms with van der Waals surface area (Å²) in [6, 6.07) is 0. The van der Waals surface area contributed by atoms with E-state index in [2.05, 4.69) is 9.79 Å². The molecule has 102 valence electrons. The fourth-order valence-electron chi connectivity index (χ4n) is 2.10. The molecule has 9 heteroatoms. The van der Waals surface area contributed by atoms with Crippen molar-refractivity contribution in [2.24, 2.45) is 0 Å². The zero-order chi connectivity index (χ0) is 13.6. The van der Waals surface area contributed by atoms with Gasteiger partial charge in [-0.1, -0.05) is 0 Å². The highest BCUT2D eigenvalue weighted by molar-refractivity contribution is 7.88. The minimum Gasteiger partial charge on any atom is -0.539 e. The van der Waals surface area contributed by atoms with Crippen LogP contribution in [0.4, 0.5) is 0 Å². The Kier molecular flexibility index (Phi) is 2.98. The molecule has 1 fully saturated rings. The van der Waals surface area contributed by atoms with Crippen LogP contribution in [0.2, 0.25) is 0 Å². The van der Waals surface area contributed by atoms with E-state index in [9.17, 15) is 13.5 Å². The predicted octanol–water partition coefficient (Wildman–Crippen LogP) is -1.97. The van der Waals surface area contributed by atoms with E-state index < -0.39 is 21.5 Å². The van der Waals surface area contributed by atoms with Gasteiger partial charge < -0.3 is 9.63 Å². The number of sulfonamides is 1. The molecule has 1 saturated heterocycles. The van der Waals surface area contributed by atoms with E-state index in [1.165, 1.54) is 21.5 Å². The van der Waals surface area contributed by atoms with Gasteiger partial charge in [0.15, 0.2) is 5.95 Å². The summed E-state index contributed by atoms with van der Waals surface area (Å²) in [5, 5.41) is 16.4. The third kappa shape index (κ3) is 2.41. The number of nitrogens with zero attached hydrogens (tertiary/aromatic N) is 4. The first-order valence-corrected chi connectivity index (χ1v) is 7.34. The minimum absolute atomic E-state index is 0.333. The van der Waals surface area contributed by atoms with Crippen molar-refractivity contribution in [1.82, 2.24) is 9.58 Å². The predicted molar refractivity (Wildman–Crippen MR) is 59.7 cm³/mol. The van der Waals surface area contributed by atoms with Crippen LogP contribution in [0, 0.1) is 0 Å². The molecule has 1 aromatic heterocycles. The maximum absolute atomic E-state index is 11.5. The Bertz CT molecular complexity index is 539. The van der Waals surface area contributed by atoms with Gasteiger partial charge in [0.05, 0.1) is 12.8 Å². The molecule has 1 aliphatic heterocycles. The third-order valence-corrected chi connectivity index (χ3v) is 4.22. The van der Waals surface area contributed by atoms with E-state index in [4.69, 9.17) is 0 Å². The zero-order valence-electron chi connectivity index (χ0n) is 10.5. The highest BCUT2D eigenvalue weighted by Crippen LogP contribution is 2.18. The van der Waals surface area contributed by atoms with E-state index in [0.717, 1.165) is 0 Å². The molecule has 0 aliphatic carbocycles. The van der Waals surface area contributed by atoms with E-state index in [1.54, 1.807) is 5.01 Å². The summed E-state index contributed by atoms with van der Waals surface area (Å²) in [6.45, 7) is 4.90. The molecule has 0 aromatic carbocycles. The average molecular weight is 276 g/mol. The lowest BCUT2D eigenvalue weighted by Gasteiger charge is -2.40. The summed E-state index contributed by atoms with van der Waals surface area (Å²) in [6.07, 6.45) is 2.43. The Morgan fingerprint density at radius 3 is 2.61 bits per heavy atom. The maximum atomic E-state index is 11.5. The Hall–Kier alpha value is -1.35. The molecule has 18 heavy (non-hydrogen) atoms. The van der Waals surface area contributed by atoms with Crippen molar-refractivity contribution in [1.29, 1.82) is 0 Å². The van der Waals surface area contributed by atoms with Gasteiger partial charge in [0.1, 0.15) is 10.8 Å². The summed E-state index contributed by atoms with van der Waals surface area (Å²) in [5.41, 5.74) is -0.477. The second kappa shape index (κ2) is 4.09. The molecule has 1 aromatic rings. The van der Waals surface area contributed by atoms with E-state index >= 15 is 0 Å². The highest BCUT2D eigenvalue weighted by Gasteiger charge is 2.42. The Morgan fingerprint density at radius 2 is 2.17 bits per heavy atom. The SMILES string of the molecule is CC1(C)CN(S(C)(=O)=O)CCN1[n+]1cc([O-])on1. The Morgan fingerprint density at radius 1 is 1.50 bits per heavy atom. The standard InChI is InChI=1S/C9H16N4O4S/c1-9(2)7-11(18(3,15)16)4-5-12(9)13-6-8(14)17-10-13/h6H,4-5,7H2,1-3H3. The number of rotatable bonds is 2. The van der Waals surface area contributed by atoms with Gasteiger partial charge in [-0.05, 0) is 13.8 Å². The fourth-order valence-corrected chi connectivity index (χ4v) is 3.07. The fraction of sp³-hybridized carbons (Fsp3) is 0.778. The van der Waals surface area contributed by atoms with Gasteiger partial charge in [-0.2, -0.15) is 4.31 Å². The van der Waals surface area contributed by atoms with Crippen molar-refractivity contribution < 1.29 is 22.8 Å². The van der Waals surface area contributed by atoms with Gasteiger partial charge in [0.2, 0.25) is 10.0 Å². The molecule has 0 bridgehead atoms. The summed E-state index contributed by atoms with van der Waals surface area (Å²) in [5.74, 6) is -0.531.